The van der Waals surface area contributed by atoms with Crippen LogP contribution in [0, 0.1) is 0 Å². The summed E-state index contributed by atoms with van der Waals surface area (Å²) in [6.07, 6.45) is -2.08. The lowest BCUT2D eigenvalue weighted by atomic mass is 10.1. The quantitative estimate of drug-likeness (QED) is 0.697. The first-order valence-corrected chi connectivity index (χ1v) is 11.1. The number of anilines is 2. The first-order chi connectivity index (χ1) is 12.6. The Morgan fingerprint density at radius 3 is 2.44 bits per heavy atom. The molecule has 0 aliphatic carbocycles. The number of nitrogens with one attached hydrogen (secondary N) is 1. The van der Waals surface area contributed by atoms with E-state index in [9.17, 15) is 21.6 Å². The van der Waals surface area contributed by atoms with Crippen molar-refractivity contribution in [2.75, 3.05) is 24.2 Å². The molecule has 27 heavy (non-hydrogen) atoms. The van der Waals surface area contributed by atoms with Crippen LogP contribution in [-0.2, 0) is 16.2 Å². The third kappa shape index (κ3) is 4.97. The number of benzene rings is 2. The summed E-state index contributed by atoms with van der Waals surface area (Å²) in [7, 11) is -3.24. The van der Waals surface area contributed by atoms with Gasteiger partial charge in [-0.25, -0.2) is 13.1 Å². The topological polar surface area (TPSA) is 49.4 Å². The number of para-hydroxylation sites is 1. The van der Waals surface area contributed by atoms with Gasteiger partial charge in [0.25, 0.3) is 0 Å². The van der Waals surface area contributed by atoms with E-state index < -0.39 is 21.8 Å². The van der Waals surface area contributed by atoms with Crippen molar-refractivity contribution in [2.24, 2.45) is 0 Å². The predicted molar refractivity (Wildman–Crippen MR) is 101 cm³/mol. The van der Waals surface area contributed by atoms with E-state index in [0.717, 1.165) is 27.8 Å². The molecule has 0 amide bonds. The van der Waals surface area contributed by atoms with Crippen molar-refractivity contribution < 1.29 is 21.6 Å². The van der Waals surface area contributed by atoms with Gasteiger partial charge in [-0.15, -0.1) is 0 Å². The van der Waals surface area contributed by atoms with Gasteiger partial charge in [0.2, 0.25) is 10.0 Å². The summed E-state index contributed by atoms with van der Waals surface area (Å²) in [4.78, 5) is 3.65. The molecule has 0 aromatic heterocycles. The van der Waals surface area contributed by atoms with E-state index in [-0.39, 0.29) is 0 Å². The number of unbranched alkanes of at least 4 members (excludes halogenated alkanes) is 1. The van der Waals surface area contributed by atoms with Crippen LogP contribution < -0.4 is 9.62 Å². The van der Waals surface area contributed by atoms with E-state index in [1.807, 2.05) is 29.2 Å². The minimum atomic E-state index is -4.40. The van der Waals surface area contributed by atoms with Gasteiger partial charge in [-0.1, -0.05) is 23.9 Å². The molecule has 4 nitrogen and oxygen atoms in total. The fourth-order valence-electron chi connectivity index (χ4n) is 2.90. The van der Waals surface area contributed by atoms with Gasteiger partial charge in [0.05, 0.1) is 23.2 Å². The number of rotatable bonds is 6. The summed E-state index contributed by atoms with van der Waals surface area (Å²) in [5.41, 5.74) is 0.722. The van der Waals surface area contributed by atoms with Crippen LogP contribution >= 0.6 is 11.8 Å². The van der Waals surface area contributed by atoms with Crippen molar-refractivity contribution in [1.82, 2.24) is 4.72 Å². The average molecular weight is 416 g/mol. The van der Waals surface area contributed by atoms with Crippen molar-refractivity contribution >= 4 is 33.2 Å². The Balaban J connectivity index is 1.83. The summed E-state index contributed by atoms with van der Waals surface area (Å²) in [6.45, 7) is 0.801. The molecule has 0 spiro atoms. The van der Waals surface area contributed by atoms with E-state index in [1.165, 1.54) is 23.9 Å². The minimum Gasteiger partial charge on any atom is -0.340 e. The summed E-state index contributed by atoms with van der Waals surface area (Å²) in [5.74, 6) is 0. The highest BCUT2D eigenvalue weighted by atomic mass is 32.2. The van der Waals surface area contributed by atoms with Crippen molar-refractivity contribution in [3.05, 3.63) is 48.0 Å². The molecule has 0 fully saturated rings. The van der Waals surface area contributed by atoms with E-state index >= 15 is 0 Å². The second-order valence-corrected chi connectivity index (χ2v) is 9.19. The van der Waals surface area contributed by atoms with Crippen LogP contribution in [0.25, 0.3) is 0 Å². The number of fused-ring (bicyclic) bond motifs is 2. The minimum absolute atomic E-state index is 0.304. The predicted octanol–water partition coefficient (Wildman–Crippen LogP) is 4.64. The maximum Gasteiger partial charge on any atom is 0.416 e. The third-order valence-electron chi connectivity index (χ3n) is 4.13. The SMILES string of the molecule is CS(=O)(=O)NCCCCN1c2ccccc2Sc2ccc(C(F)(F)F)cc21. The smallest absolute Gasteiger partial charge is 0.340 e. The summed E-state index contributed by atoms with van der Waals surface area (Å²) < 4.78 is 64.1. The Bertz CT molecular complexity index is 930. The molecule has 0 atom stereocenters. The van der Waals surface area contributed by atoms with Crippen LogP contribution in [0.1, 0.15) is 18.4 Å². The first-order valence-electron chi connectivity index (χ1n) is 8.35. The van der Waals surface area contributed by atoms with Gasteiger partial charge in [0.1, 0.15) is 0 Å². The number of hydrogen-bond donors (Lipinski definition) is 1. The molecule has 1 aliphatic rings. The van der Waals surface area contributed by atoms with E-state index in [4.69, 9.17) is 0 Å². The zero-order chi connectivity index (χ0) is 19.7. The standard InChI is InChI=1S/C18H19F3N2O2S2/c1-27(24,25)22-10-4-5-11-23-14-6-2-3-7-16(14)26-17-9-8-13(12-15(17)23)18(19,20)21/h2-3,6-9,12,22H,4-5,10-11H2,1H3. The van der Waals surface area contributed by atoms with Crippen LogP contribution in [0.2, 0.25) is 0 Å². The van der Waals surface area contributed by atoms with Gasteiger partial charge in [-0.05, 0) is 43.2 Å². The van der Waals surface area contributed by atoms with Gasteiger partial charge < -0.3 is 4.90 Å². The fourth-order valence-corrected chi connectivity index (χ4v) is 4.49. The summed E-state index contributed by atoms with van der Waals surface area (Å²) in [5, 5.41) is 0. The van der Waals surface area contributed by atoms with E-state index in [2.05, 4.69) is 4.72 Å². The molecule has 1 N–H and O–H groups in total. The van der Waals surface area contributed by atoms with Crippen molar-refractivity contribution in [2.45, 2.75) is 28.8 Å². The van der Waals surface area contributed by atoms with Crippen LogP contribution in [0.5, 0.6) is 0 Å². The van der Waals surface area contributed by atoms with Gasteiger partial charge in [0, 0.05) is 22.9 Å². The summed E-state index contributed by atoms with van der Waals surface area (Å²) in [6, 6.07) is 11.4. The monoisotopic (exact) mass is 416 g/mol. The fraction of sp³-hybridized carbons (Fsp3) is 0.333. The second-order valence-electron chi connectivity index (χ2n) is 6.28. The molecule has 1 aliphatic heterocycles. The van der Waals surface area contributed by atoms with Gasteiger partial charge >= 0.3 is 6.18 Å². The highest BCUT2D eigenvalue weighted by molar-refractivity contribution is 7.99. The zero-order valence-corrected chi connectivity index (χ0v) is 16.2. The number of sulfonamides is 1. The van der Waals surface area contributed by atoms with E-state index in [0.29, 0.717) is 31.6 Å². The van der Waals surface area contributed by atoms with Gasteiger partial charge in [-0.2, -0.15) is 13.2 Å². The lowest BCUT2D eigenvalue weighted by Gasteiger charge is -2.33. The van der Waals surface area contributed by atoms with Crippen molar-refractivity contribution in [1.29, 1.82) is 0 Å². The molecule has 0 bridgehead atoms. The lowest BCUT2D eigenvalue weighted by Crippen LogP contribution is -2.26. The maximum absolute atomic E-state index is 13.2. The molecular weight excluding hydrogens is 397 g/mol. The molecular formula is C18H19F3N2O2S2. The highest BCUT2D eigenvalue weighted by Gasteiger charge is 2.33. The van der Waals surface area contributed by atoms with Crippen LogP contribution in [0.3, 0.4) is 0 Å². The zero-order valence-electron chi connectivity index (χ0n) is 14.6. The number of nitrogens with zero attached hydrogens (tertiary/aromatic N) is 1. The Hall–Kier alpha value is -1.71. The van der Waals surface area contributed by atoms with E-state index in [1.54, 1.807) is 0 Å². The first kappa shape index (κ1) is 20.0. The maximum atomic E-state index is 13.2. The average Bonchev–Trinajstić information content (AvgIpc) is 2.58. The summed E-state index contributed by atoms with van der Waals surface area (Å²) >= 11 is 1.45. The molecule has 3 rings (SSSR count). The third-order valence-corrected chi connectivity index (χ3v) is 5.98. The molecule has 146 valence electrons. The molecule has 0 saturated carbocycles. The molecule has 0 radical (unpaired) electrons. The Morgan fingerprint density at radius 1 is 1.04 bits per heavy atom. The molecule has 9 heteroatoms. The van der Waals surface area contributed by atoms with Crippen molar-refractivity contribution in [3.8, 4) is 0 Å². The molecule has 2 aromatic rings. The largest absolute Gasteiger partial charge is 0.416 e. The van der Waals surface area contributed by atoms with Crippen LogP contribution in [-0.4, -0.2) is 27.8 Å². The number of alkyl halides is 3. The second kappa shape index (κ2) is 7.73. The van der Waals surface area contributed by atoms with Crippen LogP contribution in [0.15, 0.2) is 52.3 Å². The number of hydrogen-bond acceptors (Lipinski definition) is 4. The normalized spacial score (nSPS) is 14.0. The Kier molecular flexibility index (Phi) is 5.73. The molecule has 2 aromatic carbocycles. The van der Waals surface area contributed by atoms with Crippen LogP contribution in [0.4, 0.5) is 24.5 Å². The lowest BCUT2D eigenvalue weighted by molar-refractivity contribution is -0.137. The van der Waals surface area contributed by atoms with Gasteiger partial charge in [-0.3, -0.25) is 0 Å². The highest BCUT2D eigenvalue weighted by Crippen LogP contribution is 2.49. The van der Waals surface area contributed by atoms with Crippen molar-refractivity contribution in [3.63, 3.8) is 0 Å². The number of halogens is 3. The van der Waals surface area contributed by atoms with Gasteiger partial charge in [0.15, 0.2) is 0 Å². The molecule has 0 saturated heterocycles. The Labute approximate surface area is 160 Å². The molecule has 0 unspecified atom stereocenters. The molecule has 1 heterocycles. The Morgan fingerprint density at radius 2 is 1.74 bits per heavy atom.